The maximum atomic E-state index is 13.2. The van der Waals surface area contributed by atoms with Crippen molar-refractivity contribution in [1.29, 1.82) is 0 Å². The molecule has 0 saturated carbocycles. The number of benzene rings is 1. The number of halogens is 1. The minimum Gasteiger partial charge on any atom is -0.302 e. The highest BCUT2D eigenvalue weighted by atomic mass is 32.1. The number of nitrogens with one attached hydrogen (secondary N) is 1. The van der Waals surface area contributed by atoms with Crippen molar-refractivity contribution in [2.24, 2.45) is 0 Å². The lowest BCUT2D eigenvalue weighted by Gasteiger charge is -2.10. The van der Waals surface area contributed by atoms with Crippen LogP contribution in [0.1, 0.15) is 17.9 Å². The van der Waals surface area contributed by atoms with Gasteiger partial charge in [0.2, 0.25) is 5.91 Å². The highest BCUT2D eigenvalue weighted by Crippen LogP contribution is 2.16. The van der Waals surface area contributed by atoms with Crippen molar-refractivity contribution in [2.75, 3.05) is 5.32 Å². The Morgan fingerprint density at radius 3 is 2.66 bits per heavy atom. The molecule has 0 bridgehead atoms. The van der Waals surface area contributed by atoms with Crippen LogP contribution in [0.15, 0.2) is 40.6 Å². The van der Waals surface area contributed by atoms with Gasteiger partial charge in [-0.1, -0.05) is 0 Å². The van der Waals surface area contributed by atoms with E-state index < -0.39 is 0 Å². The SMILES string of the molecule is Cc1csc(NC(=O)CCn2c(C)nc3c(cnn3-c3ccc(F)cc3)c2=O)n1. The van der Waals surface area contributed by atoms with Crippen LogP contribution >= 0.6 is 11.3 Å². The molecule has 4 rings (SSSR count). The van der Waals surface area contributed by atoms with Gasteiger partial charge in [-0.2, -0.15) is 5.10 Å². The Bertz CT molecular complexity index is 1260. The number of thiazole rings is 1. The number of hydrogen-bond donors (Lipinski definition) is 1. The number of nitrogens with zero attached hydrogens (tertiary/aromatic N) is 5. The van der Waals surface area contributed by atoms with Gasteiger partial charge < -0.3 is 5.32 Å². The summed E-state index contributed by atoms with van der Waals surface area (Å²) in [4.78, 5) is 33.7. The van der Waals surface area contributed by atoms with E-state index in [1.165, 1.54) is 38.9 Å². The lowest BCUT2D eigenvalue weighted by molar-refractivity contribution is -0.116. The van der Waals surface area contributed by atoms with Gasteiger partial charge in [0.15, 0.2) is 10.8 Å². The third-order valence-corrected chi connectivity index (χ3v) is 5.25. The molecule has 8 nitrogen and oxygen atoms in total. The Hall–Kier alpha value is -3.40. The first-order chi connectivity index (χ1) is 13.9. The maximum Gasteiger partial charge on any atom is 0.264 e. The van der Waals surface area contributed by atoms with Crippen LogP contribution in [-0.4, -0.2) is 30.2 Å². The molecule has 0 unspecified atom stereocenters. The van der Waals surface area contributed by atoms with Crippen molar-refractivity contribution in [2.45, 2.75) is 26.8 Å². The summed E-state index contributed by atoms with van der Waals surface area (Å²) in [6.45, 7) is 3.73. The number of aromatic nitrogens is 5. The predicted molar refractivity (Wildman–Crippen MR) is 108 cm³/mol. The topological polar surface area (TPSA) is 94.7 Å². The molecule has 0 radical (unpaired) electrons. The van der Waals surface area contributed by atoms with Gasteiger partial charge in [0.05, 0.1) is 17.6 Å². The maximum absolute atomic E-state index is 13.2. The number of hydrogen-bond acceptors (Lipinski definition) is 6. The van der Waals surface area contributed by atoms with Crippen molar-refractivity contribution in [3.8, 4) is 5.69 Å². The zero-order valence-corrected chi connectivity index (χ0v) is 16.5. The molecule has 0 aliphatic heterocycles. The number of fused-ring (bicyclic) bond motifs is 1. The molecule has 148 valence electrons. The van der Waals surface area contributed by atoms with E-state index >= 15 is 0 Å². The molecule has 0 aliphatic carbocycles. The number of carbonyl (C=O) groups excluding carboxylic acids is 1. The van der Waals surface area contributed by atoms with E-state index in [0.717, 1.165) is 5.69 Å². The summed E-state index contributed by atoms with van der Waals surface area (Å²) in [6.07, 6.45) is 1.54. The van der Waals surface area contributed by atoms with Crippen LogP contribution in [0.5, 0.6) is 0 Å². The van der Waals surface area contributed by atoms with E-state index in [1.807, 2.05) is 12.3 Å². The number of rotatable bonds is 5. The molecule has 1 aromatic carbocycles. The molecule has 0 fully saturated rings. The Balaban J connectivity index is 1.58. The van der Waals surface area contributed by atoms with Crippen LogP contribution in [-0.2, 0) is 11.3 Å². The third-order valence-electron chi connectivity index (χ3n) is 4.38. The van der Waals surface area contributed by atoms with Crippen molar-refractivity contribution in [3.05, 3.63) is 63.5 Å². The minimum atomic E-state index is -0.358. The quantitative estimate of drug-likeness (QED) is 0.544. The molecule has 4 aromatic rings. The summed E-state index contributed by atoms with van der Waals surface area (Å²) in [5.74, 6) is -0.125. The second kappa shape index (κ2) is 7.55. The molecule has 3 aromatic heterocycles. The lowest BCUT2D eigenvalue weighted by Crippen LogP contribution is -2.26. The van der Waals surface area contributed by atoms with Gasteiger partial charge in [-0.25, -0.2) is 19.0 Å². The first kappa shape index (κ1) is 18.9. The normalized spacial score (nSPS) is 11.1. The van der Waals surface area contributed by atoms with Gasteiger partial charge in [0.25, 0.3) is 5.56 Å². The number of amides is 1. The van der Waals surface area contributed by atoms with Crippen molar-refractivity contribution >= 4 is 33.4 Å². The summed E-state index contributed by atoms with van der Waals surface area (Å²) < 4.78 is 16.1. The number of anilines is 1. The van der Waals surface area contributed by atoms with Gasteiger partial charge in [-0.05, 0) is 38.1 Å². The van der Waals surface area contributed by atoms with E-state index in [-0.39, 0.29) is 30.2 Å². The monoisotopic (exact) mass is 412 g/mol. The molecule has 0 aliphatic rings. The van der Waals surface area contributed by atoms with Gasteiger partial charge >= 0.3 is 0 Å². The van der Waals surface area contributed by atoms with Crippen molar-refractivity contribution < 1.29 is 9.18 Å². The van der Waals surface area contributed by atoms with Crippen LogP contribution in [0.4, 0.5) is 9.52 Å². The summed E-state index contributed by atoms with van der Waals surface area (Å²) in [7, 11) is 0. The van der Waals surface area contributed by atoms with Crippen LogP contribution < -0.4 is 10.9 Å². The Labute approximate surface area is 168 Å². The van der Waals surface area contributed by atoms with E-state index in [0.29, 0.717) is 27.7 Å². The Morgan fingerprint density at radius 2 is 1.97 bits per heavy atom. The fourth-order valence-corrected chi connectivity index (χ4v) is 3.65. The molecule has 0 spiro atoms. The summed E-state index contributed by atoms with van der Waals surface area (Å²) in [5, 5.41) is 9.66. The summed E-state index contributed by atoms with van der Waals surface area (Å²) in [5.41, 5.74) is 1.55. The number of carbonyl (C=O) groups is 1. The Morgan fingerprint density at radius 1 is 1.21 bits per heavy atom. The molecule has 0 saturated heterocycles. The molecular formula is C19H17FN6O2S. The average molecular weight is 412 g/mol. The third kappa shape index (κ3) is 3.79. The van der Waals surface area contributed by atoms with E-state index in [4.69, 9.17) is 0 Å². The molecule has 1 amide bonds. The zero-order valence-electron chi connectivity index (χ0n) is 15.7. The van der Waals surface area contributed by atoms with Crippen molar-refractivity contribution in [1.82, 2.24) is 24.3 Å². The van der Waals surface area contributed by atoms with Gasteiger partial charge in [-0.3, -0.25) is 14.2 Å². The molecule has 29 heavy (non-hydrogen) atoms. The van der Waals surface area contributed by atoms with E-state index in [2.05, 4.69) is 20.4 Å². The van der Waals surface area contributed by atoms with Crippen molar-refractivity contribution in [3.63, 3.8) is 0 Å². The first-order valence-corrected chi connectivity index (χ1v) is 9.73. The van der Waals surface area contributed by atoms with Gasteiger partial charge in [-0.15, -0.1) is 11.3 Å². The number of aryl methyl sites for hydroxylation is 2. The van der Waals surface area contributed by atoms with Gasteiger partial charge in [0, 0.05) is 18.3 Å². The van der Waals surface area contributed by atoms with E-state index in [9.17, 15) is 14.0 Å². The molecule has 10 heteroatoms. The minimum absolute atomic E-state index is 0.110. The standard InChI is InChI=1S/C19H17FN6O2S/c1-11-10-29-19(22-11)24-16(27)7-8-25-12(2)23-17-15(18(25)28)9-21-26(17)14-5-3-13(20)4-6-14/h3-6,9-10H,7-8H2,1-2H3,(H,22,24,27). The largest absolute Gasteiger partial charge is 0.302 e. The predicted octanol–water partition coefficient (Wildman–Crippen LogP) is 2.82. The average Bonchev–Trinajstić information content (AvgIpc) is 3.28. The van der Waals surface area contributed by atoms with Crippen LogP contribution in [0, 0.1) is 19.7 Å². The van der Waals surface area contributed by atoms with Crippen LogP contribution in [0.2, 0.25) is 0 Å². The second-order valence-corrected chi connectivity index (χ2v) is 7.34. The fraction of sp³-hybridized carbons (Fsp3) is 0.211. The smallest absolute Gasteiger partial charge is 0.264 e. The second-order valence-electron chi connectivity index (χ2n) is 6.48. The molecule has 3 heterocycles. The molecule has 1 N–H and O–H groups in total. The molecule has 0 atom stereocenters. The molecular weight excluding hydrogens is 395 g/mol. The fourth-order valence-electron chi connectivity index (χ4n) is 2.95. The van der Waals surface area contributed by atoms with Gasteiger partial charge in [0.1, 0.15) is 17.0 Å². The zero-order chi connectivity index (χ0) is 20.5. The summed E-state index contributed by atoms with van der Waals surface area (Å²) in [6, 6.07) is 5.77. The highest BCUT2D eigenvalue weighted by Gasteiger charge is 2.15. The van der Waals surface area contributed by atoms with Crippen LogP contribution in [0.25, 0.3) is 16.7 Å². The Kier molecular flexibility index (Phi) is 4.93. The summed E-state index contributed by atoms with van der Waals surface area (Å²) >= 11 is 1.35. The van der Waals surface area contributed by atoms with Crippen LogP contribution in [0.3, 0.4) is 0 Å². The first-order valence-electron chi connectivity index (χ1n) is 8.85. The highest BCUT2D eigenvalue weighted by molar-refractivity contribution is 7.13. The van der Waals surface area contributed by atoms with E-state index in [1.54, 1.807) is 19.1 Å². The lowest BCUT2D eigenvalue weighted by atomic mass is 10.3.